The number of rotatable bonds is 5. The van der Waals surface area contributed by atoms with Gasteiger partial charge in [-0.15, -0.1) is 0 Å². The van der Waals surface area contributed by atoms with Gasteiger partial charge in [-0.2, -0.15) is 0 Å². The first kappa shape index (κ1) is 13.1. The van der Waals surface area contributed by atoms with E-state index in [0.717, 1.165) is 0 Å². The Balaban J connectivity index is 2.67. The highest BCUT2D eigenvalue weighted by molar-refractivity contribution is 5.19. The summed E-state index contributed by atoms with van der Waals surface area (Å²) in [5.74, 6) is -0.916. The fourth-order valence-electron chi connectivity index (χ4n) is 1.45. The standard InChI is InChI=1S/C12H17F2NO/c1-8(2)12(7-16)15-6-9-10(13)4-3-5-11(9)14/h3-5,8,12,15-16H,6-7H2,1-2H3/t12-/m1/s1. The molecular formula is C12H17F2NO. The van der Waals surface area contributed by atoms with Crippen LogP contribution in [0.5, 0.6) is 0 Å². The number of hydrogen-bond acceptors (Lipinski definition) is 2. The van der Waals surface area contributed by atoms with Gasteiger partial charge >= 0.3 is 0 Å². The van der Waals surface area contributed by atoms with Gasteiger partial charge in [-0.3, -0.25) is 0 Å². The second kappa shape index (κ2) is 5.92. The van der Waals surface area contributed by atoms with Crippen LogP contribution in [0.2, 0.25) is 0 Å². The second-order valence-electron chi connectivity index (χ2n) is 4.11. The largest absolute Gasteiger partial charge is 0.395 e. The van der Waals surface area contributed by atoms with E-state index >= 15 is 0 Å². The lowest BCUT2D eigenvalue weighted by atomic mass is 10.0. The zero-order chi connectivity index (χ0) is 12.1. The summed E-state index contributed by atoms with van der Waals surface area (Å²) >= 11 is 0. The Morgan fingerprint density at radius 3 is 2.25 bits per heavy atom. The van der Waals surface area contributed by atoms with Crippen LogP contribution in [-0.2, 0) is 6.54 Å². The van der Waals surface area contributed by atoms with Crippen molar-refractivity contribution >= 4 is 0 Å². The summed E-state index contributed by atoms with van der Waals surface area (Å²) in [5.41, 5.74) is 0.0154. The summed E-state index contributed by atoms with van der Waals surface area (Å²) in [6.45, 7) is 3.91. The van der Waals surface area contributed by atoms with Gasteiger partial charge in [0.2, 0.25) is 0 Å². The molecule has 4 heteroatoms. The monoisotopic (exact) mass is 229 g/mol. The number of halogens is 2. The van der Waals surface area contributed by atoms with Crippen LogP contribution < -0.4 is 5.32 Å². The third-order valence-corrected chi connectivity index (χ3v) is 2.60. The average Bonchev–Trinajstić information content (AvgIpc) is 2.22. The van der Waals surface area contributed by atoms with Crippen LogP contribution in [0.15, 0.2) is 18.2 Å². The lowest BCUT2D eigenvalue weighted by Crippen LogP contribution is -2.36. The molecule has 0 radical (unpaired) electrons. The predicted octanol–water partition coefficient (Wildman–Crippen LogP) is 2.07. The Hall–Kier alpha value is -1.00. The van der Waals surface area contributed by atoms with E-state index in [2.05, 4.69) is 5.32 Å². The maximum Gasteiger partial charge on any atom is 0.130 e. The lowest BCUT2D eigenvalue weighted by Gasteiger charge is -2.20. The maximum atomic E-state index is 13.3. The molecule has 16 heavy (non-hydrogen) atoms. The van der Waals surface area contributed by atoms with Crippen LogP contribution in [-0.4, -0.2) is 17.8 Å². The molecule has 0 fully saturated rings. The molecule has 2 N–H and O–H groups in total. The lowest BCUT2D eigenvalue weighted by molar-refractivity contribution is 0.209. The number of nitrogens with one attached hydrogen (secondary N) is 1. The molecule has 0 bridgehead atoms. The molecular weight excluding hydrogens is 212 g/mol. The zero-order valence-electron chi connectivity index (χ0n) is 9.50. The summed E-state index contributed by atoms with van der Waals surface area (Å²) in [6.07, 6.45) is 0. The topological polar surface area (TPSA) is 32.3 Å². The fourth-order valence-corrected chi connectivity index (χ4v) is 1.45. The van der Waals surface area contributed by atoms with E-state index in [-0.39, 0.29) is 30.7 Å². The smallest absolute Gasteiger partial charge is 0.130 e. The average molecular weight is 229 g/mol. The third kappa shape index (κ3) is 3.25. The van der Waals surface area contributed by atoms with Crippen molar-refractivity contribution in [1.29, 1.82) is 0 Å². The van der Waals surface area contributed by atoms with Crippen molar-refractivity contribution in [2.75, 3.05) is 6.61 Å². The summed E-state index contributed by atoms with van der Waals surface area (Å²) in [5, 5.41) is 12.0. The van der Waals surface area contributed by atoms with Gasteiger partial charge in [0, 0.05) is 18.2 Å². The molecule has 0 aliphatic carbocycles. The maximum absolute atomic E-state index is 13.3. The number of benzene rings is 1. The number of aliphatic hydroxyl groups is 1. The molecule has 0 aliphatic heterocycles. The van der Waals surface area contributed by atoms with E-state index in [0.29, 0.717) is 0 Å². The SMILES string of the molecule is CC(C)[C@@H](CO)NCc1c(F)cccc1F. The molecule has 1 aromatic carbocycles. The highest BCUT2D eigenvalue weighted by Crippen LogP contribution is 2.12. The van der Waals surface area contributed by atoms with E-state index in [1.165, 1.54) is 18.2 Å². The molecule has 0 amide bonds. The van der Waals surface area contributed by atoms with E-state index in [9.17, 15) is 8.78 Å². The van der Waals surface area contributed by atoms with Crippen molar-refractivity contribution in [3.05, 3.63) is 35.4 Å². The summed E-state index contributed by atoms with van der Waals surface area (Å²) in [7, 11) is 0. The summed E-state index contributed by atoms with van der Waals surface area (Å²) in [6, 6.07) is 3.63. The highest BCUT2D eigenvalue weighted by Gasteiger charge is 2.14. The van der Waals surface area contributed by atoms with E-state index in [1.807, 2.05) is 13.8 Å². The van der Waals surface area contributed by atoms with Gasteiger partial charge < -0.3 is 10.4 Å². The molecule has 1 atom stereocenters. The number of hydrogen-bond donors (Lipinski definition) is 2. The first-order chi connectivity index (χ1) is 7.56. The Labute approximate surface area is 94.3 Å². The molecule has 0 aromatic heterocycles. The Kier molecular flexibility index (Phi) is 4.83. The van der Waals surface area contributed by atoms with Crippen molar-refractivity contribution in [3.8, 4) is 0 Å². The van der Waals surface area contributed by atoms with Crippen molar-refractivity contribution < 1.29 is 13.9 Å². The molecule has 0 saturated heterocycles. The first-order valence-electron chi connectivity index (χ1n) is 5.33. The van der Waals surface area contributed by atoms with Gasteiger partial charge in [-0.25, -0.2) is 8.78 Å². The van der Waals surface area contributed by atoms with E-state index < -0.39 is 11.6 Å². The van der Waals surface area contributed by atoms with Crippen LogP contribution in [0.4, 0.5) is 8.78 Å². The van der Waals surface area contributed by atoms with E-state index in [4.69, 9.17) is 5.11 Å². The predicted molar refractivity (Wildman–Crippen MR) is 58.9 cm³/mol. The Morgan fingerprint density at radius 2 is 1.81 bits per heavy atom. The van der Waals surface area contributed by atoms with Crippen molar-refractivity contribution in [2.45, 2.75) is 26.4 Å². The Morgan fingerprint density at radius 1 is 1.25 bits per heavy atom. The van der Waals surface area contributed by atoms with Crippen molar-refractivity contribution in [1.82, 2.24) is 5.32 Å². The van der Waals surface area contributed by atoms with Crippen LogP contribution in [0.3, 0.4) is 0 Å². The quantitative estimate of drug-likeness (QED) is 0.810. The molecule has 0 heterocycles. The minimum absolute atomic E-state index is 0.0154. The first-order valence-corrected chi connectivity index (χ1v) is 5.33. The minimum atomic E-state index is -0.562. The summed E-state index contributed by atoms with van der Waals surface area (Å²) < 4.78 is 26.5. The van der Waals surface area contributed by atoms with Crippen molar-refractivity contribution in [2.24, 2.45) is 5.92 Å². The molecule has 1 rings (SSSR count). The van der Waals surface area contributed by atoms with Crippen LogP contribution in [0.1, 0.15) is 19.4 Å². The third-order valence-electron chi connectivity index (χ3n) is 2.60. The highest BCUT2D eigenvalue weighted by atomic mass is 19.1. The molecule has 1 aromatic rings. The van der Waals surface area contributed by atoms with Gasteiger partial charge in [-0.05, 0) is 18.1 Å². The normalized spacial score (nSPS) is 13.1. The number of aliphatic hydroxyl groups excluding tert-OH is 1. The van der Waals surface area contributed by atoms with Crippen LogP contribution in [0.25, 0.3) is 0 Å². The molecule has 0 aliphatic rings. The molecule has 90 valence electrons. The van der Waals surface area contributed by atoms with E-state index in [1.54, 1.807) is 0 Å². The molecule has 0 unspecified atom stereocenters. The second-order valence-corrected chi connectivity index (χ2v) is 4.11. The van der Waals surface area contributed by atoms with Gasteiger partial charge in [0.1, 0.15) is 11.6 Å². The molecule has 0 saturated carbocycles. The molecule has 2 nitrogen and oxygen atoms in total. The minimum Gasteiger partial charge on any atom is -0.395 e. The van der Waals surface area contributed by atoms with Crippen LogP contribution in [0, 0.1) is 17.6 Å². The van der Waals surface area contributed by atoms with Gasteiger partial charge in [0.15, 0.2) is 0 Å². The van der Waals surface area contributed by atoms with Crippen molar-refractivity contribution in [3.63, 3.8) is 0 Å². The fraction of sp³-hybridized carbons (Fsp3) is 0.500. The molecule has 0 spiro atoms. The zero-order valence-corrected chi connectivity index (χ0v) is 9.50. The Bertz CT molecular complexity index is 322. The van der Waals surface area contributed by atoms with Gasteiger partial charge in [0.25, 0.3) is 0 Å². The van der Waals surface area contributed by atoms with Gasteiger partial charge in [-0.1, -0.05) is 19.9 Å². The summed E-state index contributed by atoms with van der Waals surface area (Å²) in [4.78, 5) is 0. The van der Waals surface area contributed by atoms with Gasteiger partial charge in [0.05, 0.1) is 6.61 Å². The van der Waals surface area contributed by atoms with Crippen LogP contribution >= 0.6 is 0 Å².